The van der Waals surface area contributed by atoms with E-state index in [1.807, 2.05) is 24.3 Å². The summed E-state index contributed by atoms with van der Waals surface area (Å²) in [5.74, 6) is 4.02. The average Bonchev–Trinajstić information content (AvgIpc) is 2.88. The zero-order valence-electron chi connectivity index (χ0n) is 20.6. The predicted octanol–water partition coefficient (Wildman–Crippen LogP) is 3.55. The third kappa shape index (κ3) is 4.93. The van der Waals surface area contributed by atoms with Gasteiger partial charge in [-0.05, 0) is 68.3 Å². The summed E-state index contributed by atoms with van der Waals surface area (Å²) < 4.78 is 5.43. The Hall–Kier alpha value is -2.89. The highest BCUT2D eigenvalue weighted by Crippen LogP contribution is 2.60. The van der Waals surface area contributed by atoms with Crippen LogP contribution >= 0.6 is 0 Å². The molecule has 8 heteroatoms. The lowest BCUT2D eigenvalue weighted by molar-refractivity contribution is -0.0727. The van der Waals surface area contributed by atoms with E-state index < -0.39 is 0 Å². The summed E-state index contributed by atoms with van der Waals surface area (Å²) in [4.78, 5) is 9.01. The summed E-state index contributed by atoms with van der Waals surface area (Å²) in [6.45, 7) is 3.62. The van der Waals surface area contributed by atoms with Crippen molar-refractivity contribution in [1.29, 1.82) is 5.26 Å². The SMILES string of the molecule is COc1ccccc1CNc1ncc(C#N)c(NC[C@]23CC4CC(C2)[C@@H](NC(C)CO)[C@@H](C4)C3)n1. The second-order valence-corrected chi connectivity index (χ2v) is 10.8. The number of aliphatic hydroxyl groups excluding tert-OH is 1. The van der Waals surface area contributed by atoms with Crippen LogP contribution in [0.4, 0.5) is 11.8 Å². The topological polar surface area (TPSA) is 115 Å². The number of aliphatic hydroxyl groups is 1. The van der Waals surface area contributed by atoms with E-state index in [2.05, 4.69) is 38.9 Å². The van der Waals surface area contributed by atoms with Gasteiger partial charge in [-0.15, -0.1) is 0 Å². The zero-order chi connectivity index (χ0) is 24.4. The molecular weight excluding hydrogens is 440 g/mol. The standard InChI is InChI=1S/C27H36N6O2/c1-17(15-34)32-24-20-7-18-8-21(24)11-27(9-18,10-20)16-31-25-22(12-28)14-30-26(33-25)29-13-19-5-3-4-6-23(19)35-2/h3-6,14,17-18,20-21,24,32,34H,7-11,13,15-16H2,1-2H3,(H2,29,30,31,33)/t17?,18?,20-,21?,24-,27-/m0/s1. The van der Waals surface area contributed by atoms with Gasteiger partial charge in [0.2, 0.25) is 5.95 Å². The third-order valence-electron chi connectivity index (χ3n) is 8.32. The fraction of sp³-hybridized carbons (Fsp3) is 0.593. The van der Waals surface area contributed by atoms with Crippen molar-refractivity contribution in [3.63, 3.8) is 0 Å². The normalized spacial score (nSPS) is 29.4. The molecule has 6 atom stereocenters. The zero-order valence-corrected chi connectivity index (χ0v) is 20.6. The lowest BCUT2D eigenvalue weighted by Gasteiger charge is -2.60. The summed E-state index contributed by atoms with van der Waals surface area (Å²) in [5.41, 5.74) is 1.73. The number of ether oxygens (including phenoxy) is 1. The van der Waals surface area contributed by atoms with Crippen molar-refractivity contribution in [2.45, 2.75) is 57.7 Å². The van der Waals surface area contributed by atoms with Crippen LogP contribution in [0.15, 0.2) is 30.5 Å². The Morgan fingerprint density at radius 1 is 1.20 bits per heavy atom. The van der Waals surface area contributed by atoms with E-state index in [1.54, 1.807) is 13.3 Å². The van der Waals surface area contributed by atoms with E-state index >= 15 is 0 Å². The molecule has 4 bridgehead atoms. The van der Waals surface area contributed by atoms with Gasteiger partial charge in [0.05, 0.1) is 19.9 Å². The number of para-hydroxylation sites is 1. The molecule has 0 aliphatic heterocycles. The van der Waals surface area contributed by atoms with Crippen LogP contribution in [0, 0.1) is 34.5 Å². The summed E-state index contributed by atoms with van der Waals surface area (Å²) in [6, 6.07) is 10.8. The molecule has 3 unspecified atom stereocenters. The molecule has 4 N–H and O–H groups in total. The number of nitrogens with one attached hydrogen (secondary N) is 3. The number of benzene rings is 1. The molecule has 4 aliphatic rings. The Morgan fingerprint density at radius 3 is 2.69 bits per heavy atom. The minimum absolute atomic E-state index is 0.146. The van der Waals surface area contributed by atoms with Crippen LogP contribution in [0.25, 0.3) is 0 Å². The van der Waals surface area contributed by atoms with Gasteiger partial charge < -0.3 is 25.8 Å². The van der Waals surface area contributed by atoms with E-state index in [4.69, 9.17) is 4.74 Å². The van der Waals surface area contributed by atoms with Gasteiger partial charge in [-0.2, -0.15) is 10.2 Å². The molecule has 4 saturated carbocycles. The van der Waals surface area contributed by atoms with E-state index in [1.165, 1.54) is 32.1 Å². The van der Waals surface area contributed by atoms with Crippen LogP contribution in [-0.4, -0.2) is 47.4 Å². The molecular formula is C27H36N6O2. The number of methoxy groups -OCH3 is 1. The first kappa shape index (κ1) is 23.8. The monoisotopic (exact) mass is 476 g/mol. The van der Waals surface area contributed by atoms with E-state index in [0.717, 1.165) is 23.8 Å². The first-order chi connectivity index (χ1) is 17.0. The summed E-state index contributed by atoms with van der Waals surface area (Å²) >= 11 is 0. The lowest BCUT2D eigenvalue weighted by Crippen LogP contribution is -2.61. The molecule has 1 aromatic carbocycles. The number of hydrogen-bond donors (Lipinski definition) is 4. The first-order valence-electron chi connectivity index (χ1n) is 12.8. The van der Waals surface area contributed by atoms with Crippen LogP contribution in [0.3, 0.4) is 0 Å². The van der Waals surface area contributed by atoms with Gasteiger partial charge in [-0.1, -0.05) is 18.2 Å². The van der Waals surface area contributed by atoms with Crippen molar-refractivity contribution < 1.29 is 9.84 Å². The van der Waals surface area contributed by atoms with E-state index in [9.17, 15) is 10.4 Å². The molecule has 4 fully saturated rings. The maximum absolute atomic E-state index is 9.65. The smallest absolute Gasteiger partial charge is 0.224 e. The first-order valence-corrected chi connectivity index (χ1v) is 12.8. The van der Waals surface area contributed by atoms with Gasteiger partial charge in [0.1, 0.15) is 23.2 Å². The van der Waals surface area contributed by atoms with Gasteiger partial charge in [0, 0.05) is 30.7 Å². The molecule has 35 heavy (non-hydrogen) atoms. The summed E-state index contributed by atoms with van der Waals surface area (Å²) in [7, 11) is 1.66. The van der Waals surface area contributed by atoms with Crippen molar-refractivity contribution in [3.05, 3.63) is 41.6 Å². The second kappa shape index (κ2) is 10.00. The van der Waals surface area contributed by atoms with E-state index in [-0.39, 0.29) is 18.1 Å². The highest BCUT2D eigenvalue weighted by atomic mass is 16.5. The van der Waals surface area contributed by atoms with Gasteiger partial charge in [0.15, 0.2) is 0 Å². The van der Waals surface area contributed by atoms with Crippen molar-refractivity contribution in [2.24, 2.45) is 23.2 Å². The Kier molecular flexibility index (Phi) is 6.81. The van der Waals surface area contributed by atoms with Crippen LogP contribution in [0.5, 0.6) is 5.75 Å². The Balaban J connectivity index is 1.26. The highest BCUT2D eigenvalue weighted by Gasteiger charge is 2.55. The fourth-order valence-electron chi connectivity index (χ4n) is 7.04. The van der Waals surface area contributed by atoms with Gasteiger partial charge in [0.25, 0.3) is 0 Å². The average molecular weight is 477 g/mol. The third-order valence-corrected chi connectivity index (χ3v) is 8.32. The molecule has 4 aliphatic carbocycles. The predicted molar refractivity (Wildman–Crippen MR) is 135 cm³/mol. The number of aromatic nitrogens is 2. The Labute approximate surface area is 207 Å². The molecule has 186 valence electrons. The Bertz CT molecular complexity index is 1070. The maximum Gasteiger partial charge on any atom is 0.224 e. The molecule has 0 saturated heterocycles. The van der Waals surface area contributed by atoms with Gasteiger partial charge in [-0.25, -0.2) is 4.98 Å². The van der Waals surface area contributed by atoms with Gasteiger partial charge in [-0.3, -0.25) is 0 Å². The number of nitriles is 1. The second-order valence-electron chi connectivity index (χ2n) is 10.8. The molecule has 6 rings (SSSR count). The molecule has 1 heterocycles. The van der Waals surface area contributed by atoms with Crippen LogP contribution in [0.2, 0.25) is 0 Å². The minimum atomic E-state index is 0.146. The fourth-order valence-corrected chi connectivity index (χ4v) is 7.04. The summed E-state index contributed by atoms with van der Waals surface area (Å²) in [5, 5.41) is 29.7. The van der Waals surface area contributed by atoms with Crippen molar-refractivity contribution in [1.82, 2.24) is 15.3 Å². The molecule has 2 aromatic rings. The van der Waals surface area contributed by atoms with Crippen molar-refractivity contribution in [3.8, 4) is 11.8 Å². The Morgan fingerprint density at radius 2 is 1.97 bits per heavy atom. The lowest BCUT2D eigenvalue weighted by atomic mass is 9.48. The number of anilines is 2. The number of hydrogen-bond acceptors (Lipinski definition) is 8. The largest absolute Gasteiger partial charge is 0.496 e. The minimum Gasteiger partial charge on any atom is -0.496 e. The molecule has 0 amide bonds. The summed E-state index contributed by atoms with van der Waals surface area (Å²) in [6.07, 6.45) is 7.81. The molecule has 8 nitrogen and oxygen atoms in total. The highest BCUT2D eigenvalue weighted by molar-refractivity contribution is 5.53. The molecule has 0 spiro atoms. The van der Waals surface area contributed by atoms with Crippen LogP contribution in [0.1, 0.15) is 50.2 Å². The van der Waals surface area contributed by atoms with E-state index in [0.29, 0.717) is 41.8 Å². The van der Waals surface area contributed by atoms with Gasteiger partial charge >= 0.3 is 0 Å². The maximum atomic E-state index is 9.65. The number of rotatable bonds is 10. The number of nitrogens with zero attached hydrogens (tertiary/aromatic N) is 3. The molecule has 0 radical (unpaired) electrons. The van der Waals surface area contributed by atoms with Crippen LogP contribution < -0.4 is 20.7 Å². The quantitative estimate of drug-likeness (QED) is 0.412. The van der Waals surface area contributed by atoms with Crippen LogP contribution in [-0.2, 0) is 6.54 Å². The molecule has 1 aromatic heterocycles. The van der Waals surface area contributed by atoms with Crippen molar-refractivity contribution >= 4 is 11.8 Å². The van der Waals surface area contributed by atoms with Crippen molar-refractivity contribution in [2.75, 3.05) is 30.9 Å².